The first-order chi connectivity index (χ1) is 13.2. The van der Waals surface area contributed by atoms with Crippen molar-refractivity contribution in [1.82, 2.24) is 9.97 Å². The molecule has 0 spiro atoms. The molecule has 0 aliphatic carbocycles. The summed E-state index contributed by atoms with van der Waals surface area (Å²) in [5.74, 6) is -0.0846. The summed E-state index contributed by atoms with van der Waals surface area (Å²) in [6.45, 7) is 0. The molecule has 0 aliphatic heterocycles. The van der Waals surface area contributed by atoms with E-state index in [0.717, 1.165) is 33.6 Å². The average Bonchev–Trinajstić information content (AvgIpc) is 2.71. The van der Waals surface area contributed by atoms with Gasteiger partial charge >= 0.3 is 0 Å². The van der Waals surface area contributed by atoms with E-state index in [4.69, 9.17) is 5.73 Å². The van der Waals surface area contributed by atoms with Crippen LogP contribution in [0, 0.1) is 5.82 Å². The third-order valence-electron chi connectivity index (χ3n) is 4.41. The maximum atomic E-state index is 13.4. The van der Waals surface area contributed by atoms with E-state index in [1.54, 1.807) is 12.1 Å². The number of nitrogen functional groups attached to an aromatic ring is 1. The normalized spacial score (nSPS) is 10.7. The van der Waals surface area contributed by atoms with Crippen molar-refractivity contribution in [3.63, 3.8) is 0 Å². The molecule has 2 N–H and O–H groups in total. The van der Waals surface area contributed by atoms with Gasteiger partial charge < -0.3 is 5.73 Å². The Balaban J connectivity index is 1.94. The van der Waals surface area contributed by atoms with Crippen molar-refractivity contribution in [1.29, 1.82) is 0 Å². The van der Waals surface area contributed by atoms with Crippen LogP contribution in [0.4, 0.5) is 10.3 Å². The van der Waals surface area contributed by atoms with Crippen LogP contribution in [0.5, 0.6) is 0 Å². The minimum absolute atomic E-state index is 0.199. The molecule has 4 heteroatoms. The molecule has 0 amide bonds. The molecule has 1 heterocycles. The molecule has 0 bridgehead atoms. The van der Waals surface area contributed by atoms with E-state index >= 15 is 0 Å². The molecule has 0 saturated carbocycles. The van der Waals surface area contributed by atoms with Crippen LogP contribution in [-0.2, 0) is 6.42 Å². The van der Waals surface area contributed by atoms with Crippen molar-refractivity contribution >= 4 is 5.95 Å². The third kappa shape index (κ3) is 3.70. The van der Waals surface area contributed by atoms with E-state index < -0.39 is 0 Å². The van der Waals surface area contributed by atoms with Crippen LogP contribution in [0.25, 0.3) is 22.5 Å². The molecule has 0 saturated heterocycles. The Labute approximate surface area is 157 Å². The first-order valence-corrected chi connectivity index (χ1v) is 8.72. The predicted molar refractivity (Wildman–Crippen MR) is 107 cm³/mol. The van der Waals surface area contributed by atoms with Crippen molar-refractivity contribution in [2.24, 2.45) is 0 Å². The summed E-state index contributed by atoms with van der Waals surface area (Å²) >= 11 is 0. The smallest absolute Gasteiger partial charge is 0.221 e. The van der Waals surface area contributed by atoms with Crippen LogP contribution in [-0.4, -0.2) is 9.97 Å². The van der Waals surface area contributed by atoms with Gasteiger partial charge in [-0.15, -0.1) is 0 Å². The van der Waals surface area contributed by atoms with E-state index in [2.05, 4.69) is 22.1 Å². The second kappa shape index (κ2) is 7.38. The minimum Gasteiger partial charge on any atom is -0.368 e. The molecule has 4 aromatic rings. The van der Waals surface area contributed by atoms with Gasteiger partial charge in [0.15, 0.2) is 0 Å². The van der Waals surface area contributed by atoms with Crippen molar-refractivity contribution in [3.8, 4) is 22.5 Å². The highest BCUT2D eigenvalue weighted by Crippen LogP contribution is 2.32. The largest absolute Gasteiger partial charge is 0.368 e. The predicted octanol–water partition coefficient (Wildman–Crippen LogP) is 5.12. The van der Waals surface area contributed by atoms with Crippen LogP contribution in [0.1, 0.15) is 11.1 Å². The fourth-order valence-electron chi connectivity index (χ4n) is 3.15. The summed E-state index contributed by atoms with van der Waals surface area (Å²) in [5.41, 5.74) is 11.5. The van der Waals surface area contributed by atoms with E-state index in [1.807, 2.05) is 48.5 Å². The third-order valence-corrected chi connectivity index (χ3v) is 4.41. The highest BCUT2D eigenvalue weighted by Gasteiger charge is 2.17. The topological polar surface area (TPSA) is 51.8 Å². The van der Waals surface area contributed by atoms with Gasteiger partial charge in [0.25, 0.3) is 0 Å². The molecular formula is C23H18FN3. The molecule has 0 radical (unpaired) electrons. The number of hydrogen-bond donors (Lipinski definition) is 1. The first-order valence-electron chi connectivity index (χ1n) is 8.72. The number of halogens is 1. The summed E-state index contributed by atoms with van der Waals surface area (Å²) in [7, 11) is 0. The molecule has 132 valence electrons. The number of benzene rings is 3. The SMILES string of the molecule is Nc1nc(-c2ccccc2)c(Cc2ccccc2)c(-c2ccc(F)cc2)n1. The molecule has 4 rings (SSSR count). The molecular weight excluding hydrogens is 337 g/mol. The lowest BCUT2D eigenvalue weighted by Crippen LogP contribution is -2.06. The second-order valence-electron chi connectivity index (χ2n) is 6.29. The number of rotatable bonds is 4. The Hall–Kier alpha value is -3.53. The number of nitrogens with zero attached hydrogens (tertiary/aromatic N) is 2. The highest BCUT2D eigenvalue weighted by molar-refractivity contribution is 5.75. The Kier molecular flexibility index (Phi) is 4.62. The van der Waals surface area contributed by atoms with Crippen molar-refractivity contribution < 1.29 is 4.39 Å². The zero-order valence-corrected chi connectivity index (χ0v) is 14.6. The van der Waals surface area contributed by atoms with E-state index in [9.17, 15) is 4.39 Å². The average molecular weight is 355 g/mol. The fraction of sp³-hybridized carbons (Fsp3) is 0.0435. The zero-order valence-electron chi connectivity index (χ0n) is 14.6. The highest BCUT2D eigenvalue weighted by atomic mass is 19.1. The molecule has 0 fully saturated rings. The lowest BCUT2D eigenvalue weighted by atomic mass is 9.95. The molecule has 3 aromatic carbocycles. The summed E-state index contributed by atoms with van der Waals surface area (Å²) < 4.78 is 13.4. The van der Waals surface area contributed by atoms with Crippen LogP contribution in [0.3, 0.4) is 0 Å². The Morgan fingerprint density at radius 3 is 1.78 bits per heavy atom. The monoisotopic (exact) mass is 355 g/mol. The van der Waals surface area contributed by atoms with Gasteiger partial charge in [0.2, 0.25) is 5.95 Å². The second-order valence-corrected chi connectivity index (χ2v) is 6.29. The standard InChI is InChI=1S/C23H18FN3/c24-19-13-11-18(12-14-19)22-20(15-16-7-3-1-4-8-16)21(26-23(25)27-22)17-9-5-2-6-10-17/h1-14H,15H2,(H2,25,26,27). The maximum Gasteiger partial charge on any atom is 0.221 e. The van der Waals surface area contributed by atoms with Crippen molar-refractivity contribution in [2.45, 2.75) is 6.42 Å². The molecule has 0 atom stereocenters. The molecule has 3 nitrogen and oxygen atoms in total. The summed E-state index contributed by atoms with van der Waals surface area (Å²) in [6.07, 6.45) is 0.651. The maximum absolute atomic E-state index is 13.4. The van der Waals surface area contributed by atoms with E-state index in [-0.39, 0.29) is 11.8 Å². The van der Waals surface area contributed by atoms with Crippen LogP contribution in [0.15, 0.2) is 84.9 Å². The number of nitrogens with two attached hydrogens (primary N) is 1. The number of hydrogen-bond acceptors (Lipinski definition) is 3. The van der Waals surface area contributed by atoms with Crippen LogP contribution in [0.2, 0.25) is 0 Å². The minimum atomic E-state index is -0.284. The van der Waals surface area contributed by atoms with Crippen LogP contribution >= 0.6 is 0 Å². The van der Waals surface area contributed by atoms with Gasteiger partial charge in [0.1, 0.15) is 5.82 Å². The zero-order chi connectivity index (χ0) is 18.6. The first kappa shape index (κ1) is 16.9. The van der Waals surface area contributed by atoms with Gasteiger partial charge in [-0.2, -0.15) is 0 Å². The molecule has 0 unspecified atom stereocenters. The van der Waals surface area contributed by atoms with Gasteiger partial charge in [-0.1, -0.05) is 60.7 Å². The number of aromatic nitrogens is 2. The Morgan fingerprint density at radius 2 is 1.19 bits per heavy atom. The molecule has 27 heavy (non-hydrogen) atoms. The summed E-state index contributed by atoms with van der Waals surface area (Å²) in [4.78, 5) is 9.04. The van der Waals surface area contributed by atoms with E-state index in [0.29, 0.717) is 6.42 Å². The van der Waals surface area contributed by atoms with Crippen LogP contribution < -0.4 is 5.73 Å². The quantitative estimate of drug-likeness (QED) is 0.552. The van der Waals surface area contributed by atoms with Crippen molar-refractivity contribution in [3.05, 3.63) is 102 Å². The van der Waals surface area contributed by atoms with Gasteiger partial charge in [-0.05, 0) is 29.8 Å². The Morgan fingerprint density at radius 1 is 0.667 bits per heavy atom. The van der Waals surface area contributed by atoms with Gasteiger partial charge in [-0.3, -0.25) is 0 Å². The lowest BCUT2D eigenvalue weighted by Gasteiger charge is -2.15. The summed E-state index contributed by atoms with van der Waals surface area (Å²) in [5, 5.41) is 0. The lowest BCUT2D eigenvalue weighted by molar-refractivity contribution is 0.628. The fourth-order valence-corrected chi connectivity index (χ4v) is 3.15. The molecule has 1 aromatic heterocycles. The van der Waals surface area contributed by atoms with Gasteiger partial charge in [0, 0.05) is 23.1 Å². The van der Waals surface area contributed by atoms with Gasteiger partial charge in [0.05, 0.1) is 11.4 Å². The Bertz CT molecular complexity index is 1050. The van der Waals surface area contributed by atoms with E-state index in [1.165, 1.54) is 12.1 Å². The summed E-state index contributed by atoms with van der Waals surface area (Å²) in [6, 6.07) is 26.4. The van der Waals surface area contributed by atoms with Crippen molar-refractivity contribution in [2.75, 3.05) is 5.73 Å². The molecule has 0 aliphatic rings. The number of anilines is 1. The van der Waals surface area contributed by atoms with Gasteiger partial charge in [-0.25, -0.2) is 14.4 Å².